The molecule has 0 saturated heterocycles. The van der Waals surface area contributed by atoms with E-state index in [0.29, 0.717) is 17.2 Å². The number of hydrogen-bond donors (Lipinski definition) is 0. The first-order valence-corrected chi connectivity index (χ1v) is 9.76. The van der Waals surface area contributed by atoms with E-state index in [1.54, 1.807) is 24.3 Å². The van der Waals surface area contributed by atoms with Gasteiger partial charge in [-0.3, -0.25) is 4.31 Å². The third kappa shape index (κ3) is 3.06. The average molecular weight is 361 g/mol. The van der Waals surface area contributed by atoms with Gasteiger partial charge in [0.05, 0.1) is 19.3 Å². The van der Waals surface area contributed by atoms with E-state index in [0.717, 1.165) is 17.5 Å². The molecule has 1 atom stereocenters. The van der Waals surface area contributed by atoms with Crippen LogP contribution in [0.2, 0.25) is 0 Å². The number of anilines is 1. The van der Waals surface area contributed by atoms with Crippen LogP contribution in [0.15, 0.2) is 41.3 Å². The molecule has 0 aliphatic carbocycles. The Bertz CT molecular complexity index is 892. The first kappa shape index (κ1) is 17.6. The van der Waals surface area contributed by atoms with Gasteiger partial charge in [-0.1, -0.05) is 19.1 Å². The molecule has 6 heteroatoms. The van der Waals surface area contributed by atoms with Gasteiger partial charge in [-0.25, -0.2) is 8.42 Å². The van der Waals surface area contributed by atoms with Crippen molar-refractivity contribution in [3.8, 4) is 11.5 Å². The quantitative estimate of drug-likeness (QED) is 0.834. The van der Waals surface area contributed by atoms with E-state index in [-0.39, 0.29) is 17.5 Å². The van der Waals surface area contributed by atoms with Crippen LogP contribution in [-0.2, 0) is 10.0 Å². The largest absolute Gasteiger partial charge is 0.495 e. The van der Waals surface area contributed by atoms with Crippen molar-refractivity contribution in [3.05, 3.63) is 47.5 Å². The number of para-hydroxylation sites is 2. The summed E-state index contributed by atoms with van der Waals surface area (Å²) >= 11 is 0. The van der Waals surface area contributed by atoms with Gasteiger partial charge in [0.25, 0.3) is 10.0 Å². The molecule has 3 rings (SSSR count). The maximum atomic E-state index is 13.4. The fraction of sp³-hybridized carbons (Fsp3) is 0.368. The minimum absolute atomic E-state index is 0.179. The van der Waals surface area contributed by atoms with Crippen molar-refractivity contribution in [2.75, 3.05) is 18.0 Å². The highest BCUT2D eigenvalue weighted by molar-refractivity contribution is 7.93. The minimum atomic E-state index is -3.77. The van der Waals surface area contributed by atoms with Gasteiger partial charge in [-0.15, -0.1) is 0 Å². The van der Waals surface area contributed by atoms with Gasteiger partial charge < -0.3 is 9.47 Å². The van der Waals surface area contributed by atoms with Crippen LogP contribution >= 0.6 is 0 Å². The van der Waals surface area contributed by atoms with Crippen molar-refractivity contribution >= 4 is 15.7 Å². The molecule has 2 aromatic carbocycles. The van der Waals surface area contributed by atoms with Crippen molar-refractivity contribution in [3.63, 3.8) is 0 Å². The molecule has 25 heavy (non-hydrogen) atoms. The maximum Gasteiger partial charge on any atom is 0.268 e. The summed E-state index contributed by atoms with van der Waals surface area (Å²) in [5.74, 6) is 0.951. The number of ether oxygens (including phenoxy) is 2. The molecule has 1 aliphatic rings. The Morgan fingerprint density at radius 2 is 1.88 bits per heavy atom. The van der Waals surface area contributed by atoms with Gasteiger partial charge in [0.15, 0.2) is 0 Å². The molecule has 5 nitrogen and oxygen atoms in total. The Morgan fingerprint density at radius 1 is 1.20 bits per heavy atom. The summed E-state index contributed by atoms with van der Waals surface area (Å²) in [6.07, 6.45) is 0.548. The second kappa shape index (κ2) is 6.59. The van der Waals surface area contributed by atoms with Crippen LogP contribution in [0.1, 0.15) is 24.5 Å². The molecule has 134 valence electrons. The Kier molecular flexibility index (Phi) is 4.64. The summed E-state index contributed by atoms with van der Waals surface area (Å²) in [6, 6.07) is 10.7. The standard InChI is InChI=1S/C19H23NO4S/c1-5-15-12-20(16-8-6-7-9-17(16)24-15)25(21,22)19-11-14(3)13(2)10-18(19)23-4/h6-11,15H,5,12H2,1-4H3. The van der Waals surface area contributed by atoms with Crippen LogP contribution in [0.25, 0.3) is 0 Å². The summed E-state index contributed by atoms with van der Waals surface area (Å²) in [4.78, 5) is 0.185. The second-order valence-electron chi connectivity index (χ2n) is 6.24. The van der Waals surface area contributed by atoms with Gasteiger partial charge in [0.1, 0.15) is 22.5 Å². The molecule has 0 saturated carbocycles. The van der Waals surface area contributed by atoms with Gasteiger partial charge in [0, 0.05) is 0 Å². The smallest absolute Gasteiger partial charge is 0.268 e. The summed E-state index contributed by atoms with van der Waals surface area (Å²) in [6.45, 7) is 6.10. The lowest BCUT2D eigenvalue weighted by molar-refractivity contribution is 0.195. The van der Waals surface area contributed by atoms with Gasteiger partial charge in [-0.2, -0.15) is 0 Å². The van der Waals surface area contributed by atoms with Crippen molar-refractivity contribution in [2.24, 2.45) is 0 Å². The molecule has 0 aromatic heterocycles. The molecule has 0 amide bonds. The van der Waals surface area contributed by atoms with Crippen molar-refractivity contribution < 1.29 is 17.9 Å². The number of fused-ring (bicyclic) bond motifs is 1. The molecule has 0 N–H and O–H groups in total. The lowest BCUT2D eigenvalue weighted by Crippen LogP contribution is -2.43. The molecule has 0 bridgehead atoms. The fourth-order valence-corrected chi connectivity index (χ4v) is 4.68. The van der Waals surface area contributed by atoms with Crippen LogP contribution in [0.4, 0.5) is 5.69 Å². The Morgan fingerprint density at radius 3 is 2.56 bits per heavy atom. The van der Waals surface area contributed by atoms with E-state index in [1.165, 1.54) is 11.4 Å². The SMILES string of the molecule is CCC1CN(S(=O)(=O)c2cc(C)c(C)cc2OC)c2ccccc2O1. The number of nitrogens with zero attached hydrogens (tertiary/aromatic N) is 1. The zero-order valence-corrected chi connectivity index (χ0v) is 15.8. The zero-order valence-electron chi connectivity index (χ0n) is 14.9. The number of rotatable bonds is 4. The van der Waals surface area contributed by atoms with Crippen LogP contribution in [0, 0.1) is 13.8 Å². The third-order valence-corrected chi connectivity index (χ3v) is 6.40. The van der Waals surface area contributed by atoms with Crippen LogP contribution in [-0.4, -0.2) is 28.2 Å². The van der Waals surface area contributed by atoms with E-state index in [4.69, 9.17) is 9.47 Å². The molecule has 0 spiro atoms. The normalized spacial score (nSPS) is 17.0. The van der Waals surface area contributed by atoms with E-state index in [1.807, 2.05) is 32.9 Å². The Labute approximate surface area is 149 Å². The summed E-state index contributed by atoms with van der Waals surface area (Å²) in [5.41, 5.74) is 2.46. The second-order valence-corrected chi connectivity index (χ2v) is 8.07. The molecule has 2 aromatic rings. The molecular formula is C19H23NO4S. The Balaban J connectivity index is 2.16. The fourth-order valence-electron chi connectivity index (χ4n) is 2.95. The monoisotopic (exact) mass is 361 g/mol. The highest BCUT2D eigenvalue weighted by Gasteiger charge is 2.35. The van der Waals surface area contributed by atoms with Gasteiger partial charge in [-0.05, 0) is 55.7 Å². The van der Waals surface area contributed by atoms with Crippen molar-refractivity contribution in [1.82, 2.24) is 0 Å². The van der Waals surface area contributed by atoms with Gasteiger partial charge in [0.2, 0.25) is 0 Å². The number of hydrogen-bond acceptors (Lipinski definition) is 4. The van der Waals surface area contributed by atoms with Crippen LogP contribution < -0.4 is 13.8 Å². The highest BCUT2D eigenvalue weighted by Crippen LogP contribution is 2.39. The van der Waals surface area contributed by atoms with E-state index in [9.17, 15) is 8.42 Å². The van der Waals surface area contributed by atoms with Gasteiger partial charge >= 0.3 is 0 Å². The van der Waals surface area contributed by atoms with Crippen molar-refractivity contribution in [2.45, 2.75) is 38.2 Å². The number of aryl methyl sites for hydroxylation is 2. The number of sulfonamides is 1. The summed E-state index contributed by atoms with van der Waals surface area (Å²) in [5, 5.41) is 0. The topological polar surface area (TPSA) is 55.8 Å². The van der Waals surface area contributed by atoms with Crippen LogP contribution in [0.5, 0.6) is 11.5 Å². The first-order valence-electron chi connectivity index (χ1n) is 8.32. The number of benzene rings is 2. The number of methoxy groups -OCH3 is 1. The predicted molar refractivity (Wildman–Crippen MR) is 98.1 cm³/mol. The zero-order chi connectivity index (χ0) is 18.2. The maximum absolute atomic E-state index is 13.4. The predicted octanol–water partition coefficient (Wildman–Crippen LogP) is 3.68. The van der Waals surface area contributed by atoms with Crippen LogP contribution in [0.3, 0.4) is 0 Å². The van der Waals surface area contributed by atoms with E-state index in [2.05, 4.69) is 0 Å². The summed E-state index contributed by atoms with van der Waals surface area (Å²) in [7, 11) is -2.28. The molecule has 0 fully saturated rings. The Hall–Kier alpha value is -2.21. The molecule has 0 radical (unpaired) electrons. The average Bonchev–Trinajstić information content (AvgIpc) is 2.62. The highest BCUT2D eigenvalue weighted by atomic mass is 32.2. The minimum Gasteiger partial charge on any atom is -0.495 e. The lowest BCUT2D eigenvalue weighted by Gasteiger charge is -2.35. The van der Waals surface area contributed by atoms with E-state index < -0.39 is 10.0 Å². The van der Waals surface area contributed by atoms with Crippen molar-refractivity contribution in [1.29, 1.82) is 0 Å². The third-order valence-electron chi connectivity index (χ3n) is 4.60. The first-order chi connectivity index (χ1) is 11.9. The van der Waals surface area contributed by atoms with E-state index >= 15 is 0 Å². The molecular weight excluding hydrogens is 338 g/mol. The molecule has 1 unspecified atom stereocenters. The lowest BCUT2D eigenvalue weighted by atomic mass is 10.1. The molecule has 1 aliphatic heterocycles. The molecule has 1 heterocycles. The summed E-state index contributed by atoms with van der Waals surface area (Å²) < 4.78 is 39.6.